The first kappa shape index (κ1) is 20.0. The van der Waals surface area contributed by atoms with Gasteiger partial charge in [-0.25, -0.2) is 4.68 Å². The summed E-state index contributed by atoms with van der Waals surface area (Å²) in [6.07, 6.45) is 1.10. The number of ketones is 1. The zero-order chi connectivity index (χ0) is 20.1. The largest absolute Gasteiger partial charge is 0.475 e. The normalized spacial score (nSPS) is 15.7. The number of rotatable bonds is 4. The maximum atomic E-state index is 13.6. The molecular weight excluding hydrogens is 356 g/mol. The molecule has 0 spiro atoms. The second-order valence-corrected chi connectivity index (χ2v) is 9.54. The number of aromatic nitrogens is 2. The van der Waals surface area contributed by atoms with Gasteiger partial charge in [0.2, 0.25) is 11.7 Å². The molecule has 0 bridgehead atoms. The summed E-state index contributed by atoms with van der Waals surface area (Å²) >= 11 is 1.91. The Hall–Kier alpha value is -1.75. The van der Waals surface area contributed by atoms with Crippen molar-refractivity contribution in [3.05, 3.63) is 39.6 Å². The summed E-state index contributed by atoms with van der Waals surface area (Å²) in [6, 6.07) is 2.05. The molecule has 1 aliphatic rings. The summed E-state index contributed by atoms with van der Waals surface area (Å²) in [7, 11) is 1.83. The summed E-state index contributed by atoms with van der Waals surface area (Å²) < 4.78 is 7.61. The highest BCUT2D eigenvalue weighted by Crippen LogP contribution is 2.46. The van der Waals surface area contributed by atoms with Crippen molar-refractivity contribution >= 4 is 17.5 Å². The van der Waals surface area contributed by atoms with Gasteiger partial charge in [0.15, 0.2) is 0 Å². The number of fused-ring (bicyclic) bond motifs is 1. The van der Waals surface area contributed by atoms with Crippen LogP contribution in [0, 0.1) is 20.8 Å². The van der Waals surface area contributed by atoms with Gasteiger partial charge in [-0.2, -0.15) is 5.10 Å². The van der Waals surface area contributed by atoms with E-state index in [0.29, 0.717) is 17.1 Å². The van der Waals surface area contributed by atoms with Crippen LogP contribution in [0.4, 0.5) is 0 Å². The first-order chi connectivity index (χ1) is 12.5. The third-order valence-electron chi connectivity index (χ3n) is 5.36. The van der Waals surface area contributed by atoms with Crippen LogP contribution >= 0.6 is 11.8 Å². The minimum absolute atomic E-state index is 0.00558. The van der Waals surface area contributed by atoms with Crippen LogP contribution in [0.1, 0.15) is 72.4 Å². The summed E-state index contributed by atoms with van der Waals surface area (Å²) in [5, 5.41) is 4.45. The minimum Gasteiger partial charge on any atom is -0.475 e. The van der Waals surface area contributed by atoms with E-state index in [1.165, 1.54) is 16.0 Å². The standard InChI is InChI=1S/C22H30N2O2S/c1-12(2)26-21-17(15(5)23-24(21)8)19(25)16-11-13(3)20-18(14(16)4)22(6,7)9-10-27-20/h11-12H,9-10H2,1-8H3. The highest BCUT2D eigenvalue weighted by Gasteiger charge is 2.34. The molecule has 4 nitrogen and oxygen atoms in total. The fraction of sp³-hybridized carbons (Fsp3) is 0.545. The number of thioether (sulfide) groups is 1. The number of hydrogen-bond acceptors (Lipinski definition) is 4. The molecule has 2 aromatic rings. The molecule has 5 heteroatoms. The quantitative estimate of drug-likeness (QED) is 0.683. The molecule has 0 atom stereocenters. The van der Waals surface area contributed by atoms with Crippen LogP contribution in [0.5, 0.6) is 5.88 Å². The molecule has 27 heavy (non-hydrogen) atoms. The van der Waals surface area contributed by atoms with Crippen molar-refractivity contribution in [3.8, 4) is 5.88 Å². The van der Waals surface area contributed by atoms with E-state index in [1.54, 1.807) is 4.68 Å². The lowest BCUT2D eigenvalue weighted by atomic mass is 9.76. The summed E-state index contributed by atoms with van der Waals surface area (Å²) in [5.41, 5.74) is 5.74. The van der Waals surface area contributed by atoms with Crippen LogP contribution in [0.3, 0.4) is 0 Å². The number of nitrogens with zero attached hydrogens (tertiary/aromatic N) is 2. The molecule has 0 fully saturated rings. The maximum absolute atomic E-state index is 13.6. The Morgan fingerprint density at radius 2 is 1.96 bits per heavy atom. The zero-order valence-corrected chi connectivity index (χ0v) is 18.5. The highest BCUT2D eigenvalue weighted by atomic mass is 32.2. The van der Waals surface area contributed by atoms with Gasteiger partial charge >= 0.3 is 0 Å². The van der Waals surface area contributed by atoms with Gasteiger partial charge in [-0.1, -0.05) is 13.8 Å². The number of carbonyl (C=O) groups is 1. The van der Waals surface area contributed by atoms with Crippen molar-refractivity contribution < 1.29 is 9.53 Å². The average molecular weight is 387 g/mol. The minimum atomic E-state index is -0.0203. The predicted octanol–water partition coefficient (Wildman–Crippen LogP) is 5.14. The third kappa shape index (κ3) is 3.42. The molecule has 0 saturated heterocycles. The number of benzene rings is 1. The molecule has 1 aliphatic heterocycles. The predicted molar refractivity (Wildman–Crippen MR) is 111 cm³/mol. The van der Waals surface area contributed by atoms with Gasteiger partial charge in [0.05, 0.1) is 11.8 Å². The van der Waals surface area contributed by atoms with E-state index in [-0.39, 0.29) is 17.3 Å². The van der Waals surface area contributed by atoms with Crippen LogP contribution < -0.4 is 4.74 Å². The molecule has 0 amide bonds. The van der Waals surface area contributed by atoms with Gasteiger partial charge in [0.25, 0.3) is 0 Å². The Morgan fingerprint density at radius 1 is 1.30 bits per heavy atom. The van der Waals surface area contributed by atoms with Crippen molar-refractivity contribution in [1.29, 1.82) is 0 Å². The van der Waals surface area contributed by atoms with E-state index in [9.17, 15) is 4.79 Å². The molecule has 0 aliphatic carbocycles. The van der Waals surface area contributed by atoms with Crippen LogP contribution in [0.2, 0.25) is 0 Å². The molecule has 0 unspecified atom stereocenters. The maximum Gasteiger partial charge on any atom is 0.223 e. The summed E-state index contributed by atoms with van der Waals surface area (Å²) in [6.45, 7) is 14.6. The lowest BCUT2D eigenvalue weighted by Gasteiger charge is -2.35. The van der Waals surface area contributed by atoms with E-state index in [4.69, 9.17) is 4.74 Å². The van der Waals surface area contributed by atoms with Gasteiger partial charge in [-0.15, -0.1) is 11.8 Å². The molecule has 146 valence electrons. The Morgan fingerprint density at radius 3 is 2.59 bits per heavy atom. The summed E-state index contributed by atoms with van der Waals surface area (Å²) in [4.78, 5) is 15.0. The molecular formula is C22H30N2O2S. The van der Waals surface area contributed by atoms with E-state index in [1.807, 2.05) is 39.6 Å². The molecule has 0 radical (unpaired) electrons. The van der Waals surface area contributed by atoms with Crippen LogP contribution in [0.15, 0.2) is 11.0 Å². The second kappa shape index (κ2) is 7.01. The lowest BCUT2D eigenvalue weighted by molar-refractivity contribution is 0.103. The van der Waals surface area contributed by atoms with E-state index < -0.39 is 0 Å². The smallest absolute Gasteiger partial charge is 0.223 e. The van der Waals surface area contributed by atoms with Gasteiger partial charge < -0.3 is 4.74 Å². The fourth-order valence-corrected chi connectivity index (χ4v) is 5.73. The fourth-order valence-electron chi connectivity index (χ4n) is 4.05. The zero-order valence-electron chi connectivity index (χ0n) is 17.7. The Balaban J connectivity index is 2.19. The van der Waals surface area contributed by atoms with E-state index >= 15 is 0 Å². The lowest BCUT2D eigenvalue weighted by Crippen LogP contribution is -2.26. The SMILES string of the molecule is Cc1cc(C(=O)c2c(C)nn(C)c2OC(C)C)c(C)c2c1SCCC2(C)C. The highest BCUT2D eigenvalue weighted by molar-refractivity contribution is 7.99. The van der Waals surface area contributed by atoms with Gasteiger partial charge in [0, 0.05) is 17.5 Å². The number of hydrogen-bond donors (Lipinski definition) is 0. The van der Waals surface area contributed by atoms with Crippen LogP contribution in [-0.4, -0.2) is 27.4 Å². The first-order valence-electron chi connectivity index (χ1n) is 9.57. The molecule has 2 heterocycles. The van der Waals surface area contributed by atoms with E-state index in [0.717, 1.165) is 23.3 Å². The Bertz CT molecular complexity index is 910. The van der Waals surface area contributed by atoms with Gasteiger partial charge in [0.1, 0.15) is 5.56 Å². The molecule has 1 aromatic carbocycles. The molecule has 1 aromatic heterocycles. The van der Waals surface area contributed by atoms with Crippen LogP contribution in [0.25, 0.3) is 0 Å². The van der Waals surface area contributed by atoms with Crippen molar-refractivity contribution in [2.45, 2.75) is 71.3 Å². The molecule has 3 rings (SSSR count). The Labute approximate surface area is 166 Å². The van der Waals surface area contributed by atoms with Crippen molar-refractivity contribution in [2.24, 2.45) is 7.05 Å². The van der Waals surface area contributed by atoms with Gasteiger partial charge in [-0.05, 0) is 75.0 Å². The summed E-state index contributed by atoms with van der Waals surface area (Å²) in [5.74, 6) is 1.68. The van der Waals surface area contributed by atoms with Crippen LogP contribution in [-0.2, 0) is 12.5 Å². The molecule has 0 N–H and O–H groups in total. The average Bonchev–Trinajstić information content (AvgIpc) is 2.82. The van der Waals surface area contributed by atoms with Crippen molar-refractivity contribution in [2.75, 3.05) is 5.75 Å². The second-order valence-electron chi connectivity index (χ2n) is 8.44. The monoisotopic (exact) mass is 386 g/mol. The first-order valence-corrected chi connectivity index (χ1v) is 10.6. The van der Waals surface area contributed by atoms with Crippen molar-refractivity contribution in [3.63, 3.8) is 0 Å². The topological polar surface area (TPSA) is 44.1 Å². The number of aryl methyl sites for hydroxylation is 3. The molecule has 0 saturated carbocycles. The number of carbonyl (C=O) groups excluding carboxylic acids is 1. The number of ether oxygens (including phenoxy) is 1. The van der Waals surface area contributed by atoms with E-state index in [2.05, 4.69) is 38.9 Å². The Kier molecular flexibility index (Phi) is 5.19. The third-order valence-corrected chi connectivity index (χ3v) is 6.59. The van der Waals surface area contributed by atoms with Crippen molar-refractivity contribution in [1.82, 2.24) is 9.78 Å². The van der Waals surface area contributed by atoms with Gasteiger partial charge in [-0.3, -0.25) is 4.79 Å².